The number of esters is 1. The highest BCUT2D eigenvalue weighted by molar-refractivity contribution is 6.05. The third-order valence-electron chi connectivity index (χ3n) is 5.87. The van der Waals surface area contributed by atoms with Crippen molar-refractivity contribution in [3.05, 3.63) is 65.2 Å². The number of fused-ring (bicyclic) bond motifs is 1. The lowest BCUT2D eigenvalue weighted by atomic mass is 10.0. The molecule has 2 aliphatic rings. The zero-order valence-electron chi connectivity index (χ0n) is 18.9. The molecule has 11 heteroatoms. The predicted octanol–water partition coefficient (Wildman–Crippen LogP) is 0.941. The highest BCUT2D eigenvalue weighted by atomic mass is 16.5. The third kappa shape index (κ3) is 5.30. The van der Waals surface area contributed by atoms with Crippen molar-refractivity contribution < 1.29 is 28.7 Å². The minimum absolute atomic E-state index is 0.0441. The molecule has 4 rings (SSSR count). The number of amides is 5. The van der Waals surface area contributed by atoms with Crippen LogP contribution in [-0.2, 0) is 32.2 Å². The Labute approximate surface area is 201 Å². The lowest BCUT2D eigenvalue weighted by Crippen LogP contribution is -2.55. The molecule has 4 N–H and O–H groups in total. The maximum atomic E-state index is 13.0. The summed E-state index contributed by atoms with van der Waals surface area (Å²) in [5.74, 6) is -2.11. The van der Waals surface area contributed by atoms with Gasteiger partial charge in [-0.15, -0.1) is 0 Å². The fourth-order valence-corrected chi connectivity index (χ4v) is 4.08. The molecule has 0 saturated carbocycles. The second-order valence-electron chi connectivity index (χ2n) is 8.16. The zero-order valence-corrected chi connectivity index (χ0v) is 18.9. The number of hydrogen-bond donors (Lipinski definition) is 3. The average molecular weight is 479 g/mol. The summed E-state index contributed by atoms with van der Waals surface area (Å²) in [6.45, 7) is -0.457. The van der Waals surface area contributed by atoms with E-state index in [9.17, 15) is 24.0 Å². The first kappa shape index (κ1) is 23.9. The topological polar surface area (TPSA) is 151 Å². The highest BCUT2D eigenvalue weighted by Crippen LogP contribution is 2.29. The SMILES string of the molecule is NCC(=O)OCN1C(=O)CCC(N2Cc3cc(CNC(=O)Nc4ccccc4)ccc3C2=O)C1=O. The second kappa shape index (κ2) is 10.3. The molecule has 0 aliphatic carbocycles. The number of nitrogens with two attached hydrogens (primary N) is 1. The second-order valence-corrected chi connectivity index (χ2v) is 8.16. The third-order valence-corrected chi connectivity index (χ3v) is 5.87. The number of carbonyl (C=O) groups excluding carboxylic acids is 5. The lowest BCUT2D eigenvalue weighted by molar-refractivity contribution is -0.163. The summed E-state index contributed by atoms with van der Waals surface area (Å²) < 4.78 is 4.85. The van der Waals surface area contributed by atoms with Gasteiger partial charge >= 0.3 is 12.0 Å². The Morgan fingerprint density at radius 2 is 1.86 bits per heavy atom. The number of piperidine rings is 1. The minimum Gasteiger partial charge on any atom is -0.443 e. The number of nitrogens with zero attached hydrogens (tertiary/aromatic N) is 2. The van der Waals surface area contributed by atoms with Crippen LogP contribution < -0.4 is 16.4 Å². The van der Waals surface area contributed by atoms with E-state index in [-0.39, 0.29) is 44.4 Å². The molecule has 0 radical (unpaired) electrons. The summed E-state index contributed by atoms with van der Waals surface area (Å²) in [7, 11) is 0. The molecule has 2 aliphatic heterocycles. The molecular formula is C24H25N5O6. The molecule has 2 heterocycles. The number of ether oxygens (including phenoxy) is 1. The summed E-state index contributed by atoms with van der Waals surface area (Å²) in [5, 5.41) is 5.51. The van der Waals surface area contributed by atoms with Crippen LogP contribution in [0.2, 0.25) is 0 Å². The first-order valence-corrected chi connectivity index (χ1v) is 11.1. The van der Waals surface area contributed by atoms with Crippen LogP contribution >= 0.6 is 0 Å². The molecule has 1 saturated heterocycles. The molecular weight excluding hydrogens is 454 g/mol. The van der Waals surface area contributed by atoms with E-state index in [1.54, 1.807) is 24.3 Å². The Bertz CT molecular complexity index is 1170. The van der Waals surface area contributed by atoms with Crippen LogP contribution in [0.3, 0.4) is 0 Å². The van der Waals surface area contributed by atoms with E-state index in [1.807, 2.05) is 24.3 Å². The maximum Gasteiger partial charge on any atom is 0.321 e. The van der Waals surface area contributed by atoms with E-state index in [0.717, 1.165) is 16.0 Å². The lowest BCUT2D eigenvalue weighted by Gasteiger charge is -2.34. The number of imide groups is 1. The van der Waals surface area contributed by atoms with E-state index >= 15 is 0 Å². The number of urea groups is 1. The van der Waals surface area contributed by atoms with Crippen molar-refractivity contribution in [2.75, 3.05) is 18.6 Å². The Balaban J connectivity index is 1.39. The van der Waals surface area contributed by atoms with Crippen molar-refractivity contribution in [2.24, 2.45) is 5.73 Å². The Hall–Kier alpha value is -4.25. The molecule has 11 nitrogen and oxygen atoms in total. The van der Waals surface area contributed by atoms with Gasteiger partial charge in [0.1, 0.15) is 6.04 Å². The number of carbonyl (C=O) groups is 5. The van der Waals surface area contributed by atoms with Gasteiger partial charge in [-0.25, -0.2) is 9.69 Å². The van der Waals surface area contributed by atoms with Crippen molar-refractivity contribution in [3.8, 4) is 0 Å². The summed E-state index contributed by atoms with van der Waals surface area (Å²) >= 11 is 0. The van der Waals surface area contributed by atoms with Gasteiger partial charge in [0.25, 0.3) is 11.8 Å². The van der Waals surface area contributed by atoms with Gasteiger partial charge in [0, 0.05) is 30.8 Å². The monoisotopic (exact) mass is 479 g/mol. The quantitative estimate of drug-likeness (QED) is 0.395. The van der Waals surface area contributed by atoms with E-state index in [0.29, 0.717) is 11.3 Å². The van der Waals surface area contributed by atoms with E-state index in [2.05, 4.69) is 10.6 Å². The van der Waals surface area contributed by atoms with Crippen LogP contribution in [0.15, 0.2) is 48.5 Å². The van der Waals surface area contributed by atoms with Gasteiger partial charge in [0.2, 0.25) is 5.91 Å². The molecule has 1 unspecified atom stereocenters. The van der Waals surface area contributed by atoms with E-state index in [1.165, 1.54) is 4.90 Å². The molecule has 1 atom stereocenters. The number of para-hydroxylation sites is 1. The predicted molar refractivity (Wildman–Crippen MR) is 124 cm³/mol. The van der Waals surface area contributed by atoms with Gasteiger partial charge in [-0.3, -0.25) is 19.2 Å². The van der Waals surface area contributed by atoms with Crippen molar-refractivity contribution in [1.29, 1.82) is 0 Å². The number of rotatable bonds is 7. The number of anilines is 1. The summed E-state index contributed by atoms with van der Waals surface area (Å²) in [5.41, 5.74) is 7.85. The molecule has 0 spiro atoms. The Morgan fingerprint density at radius 3 is 2.60 bits per heavy atom. The van der Waals surface area contributed by atoms with Crippen LogP contribution in [0, 0.1) is 0 Å². The Kier molecular flexibility index (Phi) is 7.06. The fourth-order valence-electron chi connectivity index (χ4n) is 4.08. The Morgan fingerprint density at radius 1 is 1.09 bits per heavy atom. The summed E-state index contributed by atoms with van der Waals surface area (Å²) in [6, 6.07) is 13.1. The van der Waals surface area contributed by atoms with Crippen LogP contribution in [0.4, 0.5) is 10.5 Å². The largest absolute Gasteiger partial charge is 0.443 e. The van der Waals surface area contributed by atoms with Crippen molar-refractivity contribution in [3.63, 3.8) is 0 Å². The van der Waals surface area contributed by atoms with Crippen LogP contribution in [0.1, 0.15) is 34.3 Å². The number of likely N-dealkylation sites (tertiary alicyclic amines) is 1. The molecule has 0 bridgehead atoms. The van der Waals surface area contributed by atoms with Gasteiger partial charge in [-0.05, 0) is 35.7 Å². The number of nitrogens with one attached hydrogen (secondary N) is 2. The van der Waals surface area contributed by atoms with Crippen molar-refractivity contribution in [1.82, 2.24) is 15.1 Å². The highest BCUT2D eigenvalue weighted by Gasteiger charge is 2.43. The van der Waals surface area contributed by atoms with Gasteiger partial charge in [0.05, 0.1) is 6.54 Å². The van der Waals surface area contributed by atoms with Crippen molar-refractivity contribution >= 4 is 35.4 Å². The normalized spacial score (nSPS) is 17.3. The fraction of sp³-hybridized carbons (Fsp3) is 0.292. The van der Waals surface area contributed by atoms with Gasteiger partial charge < -0.3 is 26.0 Å². The molecule has 2 aromatic rings. The number of hydrogen-bond acceptors (Lipinski definition) is 7. The maximum absolute atomic E-state index is 13.0. The summed E-state index contributed by atoms with van der Waals surface area (Å²) in [4.78, 5) is 63.9. The zero-order chi connectivity index (χ0) is 24.9. The number of benzene rings is 2. The van der Waals surface area contributed by atoms with Gasteiger partial charge in [-0.1, -0.05) is 30.3 Å². The van der Waals surface area contributed by atoms with E-state index < -0.39 is 30.6 Å². The first-order chi connectivity index (χ1) is 16.9. The molecule has 0 aromatic heterocycles. The smallest absolute Gasteiger partial charge is 0.321 e. The van der Waals surface area contributed by atoms with E-state index in [4.69, 9.17) is 10.5 Å². The summed E-state index contributed by atoms with van der Waals surface area (Å²) in [6.07, 6.45) is 0.231. The molecule has 1 fully saturated rings. The first-order valence-electron chi connectivity index (χ1n) is 11.1. The molecule has 35 heavy (non-hydrogen) atoms. The minimum atomic E-state index is -0.845. The molecule has 182 valence electrons. The molecule has 5 amide bonds. The van der Waals surface area contributed by atoms with Gasteiger partial charge in [0.15, 0.2) is 6.73 Å². The van der Waals surface area contributed by atoms with Crippen LogP contribution in [0.25, 0.3) is 0 Å². The van der Waals surface area contributed by atoms with Gasteiger partial charge in [-0.2, -0.15) is 0 Å². The van der Waals surface area contributed by atoms with Crippen LogP contribution in [-0.4, -0.2) is 58.8 Å². The van der Waals surface area contributed by atoms with Crippen LogP contribution in [0.5, 0.6) is 0 Å². The standard InChI is InChI=1S/C24H25N5O6/c25-11-21(31)35-14-29-20(30)9-8-19(23(29)33)28-13-16-10-15(6-7-18(16)22(28)32)12-26-24(34)27-17-4-2-1-3-5-17/h1-7,10,19H,8-9,11-14,25H2,(H2,26,27,34). The molecule has 2 aromatic carbocycles. The van der Waals surface area contributed by atoms with Crippen molar-refractivity contribution in [2.45, 2.75) is 32.0 Å². The average Bonchev–Trinajstić information content (AvgIpc) is 3.18.